The Morgan fingerprint density at radius 3 is 2.81 bits per heavy atom. The fourth-order valence-corrected chi connectivity index (χ4v) is 3.06. The van der Waals surface area contributed by atoms with Crippen LogP contribution in [0.1, 0.15) is 11.5 Å². The van der Waals surface area contributed by atoms with Crippen molar-refractivity contribution in [3.8, 4) is 22.1 Å². The Hall–Kier alpha value is -2.68. The van der Waals surface area contributed by atoms with Crippen LogP contribution >= 0.6 is 11.3 Å². The normalized spacial score (nSPS) is 11.3. The van der Waals surface area contributed by atoms with Crippen LogP contribution in [0.15, 0.2) is 23.1 Å². The Bertz CT molecular complexity index is 904. The summed E-state index contributed by atoms with van der Waals surface area (Å²) in [6.45, 7) is 3.75. The minimum absolute atomic E-state index is 0.562. The molecule has 104 valence electrons. The summed E-state index contributed by atoms with van der Waals surface area (Å²) in [6, 6.07) is 0. The van der Waals surface area contributed by atoms with Crippen molar-refractivity contribution in [3.63, 3.8) is 0 Å². The third kappa shape index (κ3) is 1.82. The molecule has 0 bridgehead atoms. The fourth-order valence-electron chi connectivity index (χ4n) is 2.08. The zero-order chi connectivity index (χ0) is 14.4. The summed E-state index contributed by atoms with van der Waals surface area (Å²) in [5.41, 5.74) is 2.33. The number of hydrogen-bond donors (Lipinski definition) is 0. The van der Waals surface area contributed by atoms with Gasteiger partial charge in [0.25, 0.3) is 0 Å². The monoisotopic (exact) mass is 299 g/mol. The molecule has 4 aromatic heterocycles. The molecule has 0 N–H and O–H groups in total. The molecule has 8 nitrogen and oxygen atoms in total. The van der Waals surface area contributed by atoms with Crippen LogP contribution < -0.4 is 0 Å². The number of fused-ring (bicyclic) bond motifs is 1. The maximum absolute atomic E-state index is 5.19. The molecular formula is C12H9N7OS. The second kappa shape index (κ2) is 4.42. The van der Waals surface area contributed by atoms with Crippen LogP contribution in [0, 0.1) is 13.8 Å². The molecule has 0 aliphatic carbocycles. The third-order valence-corrected chi connectivity index (χ3v) is 3.95. The van der Waals surface area contributed by atoms with E-state index >= 15 is 0 Å². The van der Waals surface area contributed by atoms with Gasteiger partial charge in [-0.3, -0.25) is 4.98 Å². The summed E-state index contributed by atoms with van der Waals surface area (Å²) in [5, 5.41) is 17.5. The van der Waals surface area contributed by atoms with E-state index in [1.54, 1.807) is 23.1 Å². The molecule has 4 rings (SSSR count). The highest BCUT2D eigenvalue weighted by molar-refractivity contribution is 7.19. The van der Waals surface area contributed by atoms with Gasteiger partial charge in [0.05, 0.1) is 17.5 Å². The molecule has 0 unspecified atom stereocenters. The molecule has 4 aromatic rings. The largest absolute Gasteiger partial charge is 0.361 e. The van der Waals surface area contributed by atoms with E-state index in [4.69, 9.17) is 4.52 Å². The smallest absolute Gasteiger partial charge is 0.235 e. The minimum Gasteiger partial charge on any atom is -0.361 e. The predicted octanol–water partition coefficient (Wildman–Crippen LogP) is 1.91. The standard InChI is InChI=1S/C12H9N7OS/c1-6-9(7(2)20-18-6)11-17-19-10(15-16-12(19)21-11)8-5-13-3-4-14-8/h3-5H,1-2H3. The lowest BCUT2D eigenvalue weighted by atomic mass is 10.2. The van der Waals surface area contributed by atoms with Gasteiger partial charge in [0.15, 0.2) is 5.01 Å². The molecular weight excluding hydrogens is 290 g/mol. The molecule has 4 heterocycles. The van der Waals surface area contributed by atoms with E-state index in [0.29, 0.717) is 16.5 Å². The number of aromatic nitrogens is 7. The Balaban J connectivity index is 1.91. The zero-order valence-electron chi connectivity index (χ0n) is 11.2. The van der Waals surface area contributed by atoms with E-state index in [-0.39, 0.29) is 0 Å². The van der Waals surface area contributed by atoms with Crippen LogP contribution in [0.5, 0.6) is 0 Å². The van der Waals surface area contributed by atoms with Gasteiger partial charge in [0.1, 0.15) is 11.5 Å². The lowest BCUT2D eigenvalue weighted by molar-refractivity contribution is 0.393. The van der Waals surface area contributed by atoms with Gasteiger partial charge in [0.2, 0.25) is 10.8 Å². The van der Waals surface area contributed by atoms with Gasteiger partial charge in [-0.2, -0.15) is 9.61 Å². The molecule has 0 atom stereocenters. The highest BCUT2D eigenvalue weighted by Crippen LogP contribution is 2.31. The van der Waals surface area contributed by atoms with Crippen molar-refractivity contribution >= 4 is 16.3 Å². The van der Waals surface area contributed by atoms with E-state index in [0.717, 1.165) is 22.0 Å². The number of aryl methyl sites for hydroxylation is 2. The van der Waals surface area contributed by atoms with Crippen LogP contribution in [-0.4, -0.2) is 34.9 Å². The SMILES string of the molecule is Cc1noc(C)c1-c1nn2c(-c3cnccn3)nnc2s1. The van der Waals surface area contributed by atoms with E-state index < -0.39 is 0 Å². The van der Waals surface area contributed by atoms with Crippen molar-refractivity contribution in [3.05, 3.63) is 30.0 Å². The van der Waals surface area contributed by atoms with Gasteiger partial charge >= 0.3 is 0 Å². The first-order chi connectivity index (χ1) is 10.2. The highest BCUT2D eigenvalue weighted by Gasteiger charge is 2.19. The average Bonchev–Trinajstić information content (AvgIpc) is 3.14. The lowest BCUT2D eigenvalue weighted by Gasteiger charge is -1.94. The van der Waals surface area contributed by atoms with Gasteiger partial charge in [-0.25, -0.2) is 4.98 Å². The molecule has 21 heavy (non-hydrogen) atoms. The Morgan fingerprint density at radius 1 is 1.19 bits per heavy atom. The maximum Gasteiger partial charge on any atom is 0.235 e. The molecule has 0 saturated heterocycles. The lowest BCUT2D eigenvalue weighted by Crippen LogP contribution is -1.94. The highest BCUT2D eigenvalue weighted by atomic mass is 32.1. The molecule has 9 heteroatoms. The summed E-state index contributed by atoms with van der Waals surface area (Å²) in [4.78, 5) is 8.95. The van der Waals surface area contributed by atoms with Gasteiger partial charge in [-0.1, -0.05) is 16.5 Å². The maximum atomic E-state index is 5.19. The van der Waals surface area contributed by atoms with Crippen LogP contribution in [0.25, 0.3) is 27.1 Å². The molecule has 0 aromatic carbocycles. The van der Waals surface area contributed by atoms with Crippen LogP contribution in [0.3, 0.4) is 0 Å². The van der Waals surface area contributed by atoms with E-state index in [2.05, 4.69) is 30.4 Å². The molecule has 0 spiro atoms. The summed E-state index contributed by atoms with van der Waals surface area (Å²) in [5.74, 6) is 1.30. The quantitative estimate of drug-likeness (QED) is 0.558. The molecule has 0 aliphatic rings. The third-order valence-electron chi connectivity index (χ3n) is 3.03. The van der Waals surface area contributed by atoms with Crippen molar-refractivity contribution in [1.82, 2.24) is 34.9 Å². The van der Waals surface area contributed by atoms with Crippen molar-refractivity contribution in [2.75, 3.05) is 0 Å². The number of rotatable bonds is 2. The first-order valence-corrected chi connectivity index (χ1v) is 6.97. The second-order valence-electron chi connectivity index (χ2n) is 4.42. The van der Waals surface area contributed by atoms with Gasteiger partial charge < -0.3 is 4.52 Å². The first-order valence-electron chi connectivity index (χ1n) is 6.16. The summed E-state index contributed by atoms with van der Waals surface area (Å²) >= 11 is 1.43. The van der Waals surface area contributed by atoms with Crippen molar-refractivity contribution < 1.29 is 4.52 Å². The fraction of sp³-hybridized carbons (Fsp3) is 0.167. The second-order valence-corrected chi connectivity index (χ2v) is 5.37. The summed E-state index contributed by atoms with van der Waals surface area (Å²) in [6.07, 6.45) is 4.85. The van der Waals surface area contributed by atoms with Crippen molar-refractivity contribution in [2.24, 2.45) is 0 Å². The van der Waals surface area contributed by atoms with E-state index in [9.17, 15) is 0 Å². The molecule has 0 saturated carbocycles. The number of hydrogen-bond acceptors (Lipinski definition) is 8. The van der Waals surface area contributed by atoms with E-state index in [1.165, 1.54) is 11.3 Å². The number of nitrogens with zero attached hydrogens (tertiary/aromatic N) is 7. The summed E-state index contributed by atoms with van der Waals surface area (Å²) < 4.78 is 6.85. The Kier molecular flexibility index (Phi) is 2.54. The van der Waals surface area contributed by atoms with Crippen LogP contribution in [0.2, 0.25) is 0 Å². The topological polar surface area (TPSA) is 94.9 Å². The van der Waals surface area contributed by atoms with E-state index in [1.807, 2.05) is 13.8 Å². The zero-order valence-corrected chi connectivity index (χ0v) is 12.0. The average molecular weight is 299 g/mol. The van der Waals surface area contributed by atoms with Crippen molar-refractivity contribution in [1.29, 1.82) is 0 Å². The first kappa shape index (κ1) is 12.1. The molecule has 0 radical (unpaired) electrons. The van der Waals surface area contributed by atoms with Gasteiger partial charge in [0, 0.05) is 12.4 Å². The molecule has 0 fully saturated rings. The van der Waals surface area contributed by atoms with Crippen LogP contribution in [0.4, 0.5) is 0 Å². The van der Waals surface area contributed by atoms with Crippen molar-refractivity contribution in [2.45, 2.75) is 13.8 Å². The van der Waals surface area contributed by atoms with Gasteiger partial charge in [-0.15, -0.1) is 10.2 Å². The summed E-state index contributed by atoms with van der Waals surface area (Å²) in [7, 11) is 0. The minimum atomic E-state index is 0.562. The van der Waals surface area contributed by atoms with Crippen LogP contribution in [-0.2, 0) is 0 Å². The van der Waals surface area contributed by atoms with Gasteiger partial charge in [-0.05, 0) is 13.8 Å². The predicted molar refractivity (Wildman–Crippen MR) is 74.7 cm³/mol. The molecule has 0 aliphatic heterocycles. The Labute approximate surface area is 122 Å². The Morgan fingerprint density at radius 2 is 2.10 bits per heavy atom. The molecule has 0 amide bonds.